The Morgan fingerprint density at radius 1 is 1.23 bits per heavy atom. The molecule has 0 atom stereocenters. The molecule has 134 valence electrons. The van der Waals surface area contributed by atoms with Crippen LogP contribution >= 0.6 is 24.2 Å². The molecule has 0 aromatic carbocycles. The first-order chi connectivity index (χ1) is 12.6. The highest BCUT2D eigenvalue weighted by atomic mass is 32.1. The molecular formula is C17H18N6OS2. The van der Waals surface area contributed by atoms with E-state index in [4.69, 9.17) is 0 Å². The van der Waals surface area contributed by atoms with Crippen LogP contribution in [0.15, 0.2) is 23.7 Å². The lowest BCUT2D eigenvalue weighted by molar-refractivity contribution is 0.230. The average Bonchev–Trinajstić information content (AvgIpc) is 3.32. The summed E-state index contributed by atoms with van der Waals surface area (Å²) in [4.78, 5) is 30.2. The molecule has 26 heavy (non-hydrogen) atoms. The number of hydrogen-bond acceptors (Lipinski definition) is 7. The molecular weight excluding hydrogens is 368 g/mol. The number of thiazole rings is 1. The maximum Gasteiger partial charge on any atom is 0.333 e. The number of amides is 2. The van der Waals surface area contributed by atoms with Crippen molar-refractivity contribution < 1.29 is 4.79 Å². The lowest BCUT2D eigenvalue weighted by atomic mass is 10.2. The summed E-state index contributed by atoms with van der Waals surface area (Å²) in [6, 6.07) is 3.42. The largest absolute Gasteiger partial charge is 0.333 e. The lowest BCUT2D eigenvalue weighted by Gasteiger charge is -2.22. The Labute approximate surface area is 160 Å². The fourth-order valence-electron chi connectivity index (χ4n) is 3.05. The first kappa shape index (κ1) is 17.2. The van der Waals surface area contributed by atoms with Crippen LogP contribution in [0.3, 0.4) is 0 Å². The van der Waals surface area contributed by atoms with E-state index >= 15 is 0 Å². The second-order valence-electron chi connectivity index (χ2n) is 6.26. The Kier molecular flexibility index (Phi) is 4.73. The van der Waals surface area contributed by atoms with E-state index in [1.807, 2.05) is 12.3 Å². The summed E-state index contributed by atoms with van der Waals surface area (Å²) in [6.07, 6.45) is 5.94. The SMILES string of the molecule is Cc1nc(-c2cnc3ccc(NC(=O)N(S)C4CCCC4)nc3n2)cs1. The molecule has 1 aliphatic carbocycles. The number of aryl methyl sites for hydroxylation is 1. The summed E-state index contributed by atoms with van der Waals surface area (Å²) < 4.78 is 1.47. The zero-order chi connectivity index (χ0) is 18.1. The van der Waals surface area contributed by atoms with Crippen LogP contribution in [-0.2, 0) is 0 Å². The van der Waals surface area contributed by atoms with Gasteiger partial charge in [0.15, 0.2) is 5.65 Å². The van der Waals surface area contributed by atoms with Crippen LogP contribution in [0, 0.1) is 6.92 Å². The van der Waals surface area contributed by atoms with E-state index in [1.165, 1.54) is 4.31 Å². The molecule has 1 N–H and O–H groups in total. The third-order valence-electron chi connectivity index (χ3n) is 4.40. The van der Waals surface area contributed by atoms with Gasteiger partial charge in [-0.2, -0.15) is 0 Å². The number of nitrogens with zero attached hydrogens (tertiary/aromatic N) is 5. The van der Waals surface area contributed by atoms with Gasteiger partial charge in [0.25, 0.3) is 0 Å². The Morgan fingerprint density at radius 2 is 2.04 bits per heavy atom. The zero-order valence-electron chi connectivity index (χ0n) is 14.2. The van der Waals surface area contributed by atoms with Gasteiger partial charge in [0.2, 0.25) is 0 Å². The fourth-order valence-corrected chi connectivity index (χ4v) is 3.94. The van der Waals surface area contributed by atoms with Crippen LogP contribution in [-0.4, -0.2) is 36.3 Å². The van der Waals surface area contributed by atoms with E-state index in [2.05, 4.69) is 38.1 Å². The van der Waals surface area contributed by atoms with E-state index in [0.29, 0.717) is 22.7 Å². The van der Waals surface area contributed by atoms with Crippen molar-refractivity contribution >= 4 is 47.2 Å². The highest BCUT2D eigenvalue weighted by molar-refractivity contribution is 7.78. The minimum atomic E-state index is -0.272. The number of carbonyl (C=O) groups is 1. The Hall–Kier alpha value is -2.26. The number of fused-ring (bicyclic) bond motifs is 1. The zero-order valence-corrected chi connectivity index (χ0v) is 15.9. The number of urea groups is 1. The molecule has 1 saturated carbocycles. The maximum absolute atomic E-state index is 12.4. The van der Waals surface area contributed by atoms with Crippen molar-refractivity contribution in [2.45, 2.75) is 38.6 Å². The normalized spacial score (nSPS) is 14.7. The van der Waals surface area contributed by atoms with Gasteiger partial charge in [-0.3, -0.25) is 14.6 Å². The molecule has 0 aliphatic heterocycles. The third-order valence-corrected chi connectivity index (χ3v) is 5.68. The molecule has 4 rings (SSSR count). The van der Waals surface area contributed by atoms with E-state index in [-0.39, 0.29) is 12.1 Å². The molecule has 3 aromatic rings. The van der Waals surface area contributed by atoms with Crippen LogP contribution < -0.4 is 5.32 Å². The predicted molar refractivity (Wildman–Crippen MR) is 105 cm³/mol. The summed E-state index contributed by atoms with van der Waals surface area (Å²) in [5.74, 6) is 0.431. The molecule has 1 aliphatic rings. The molecule has 3 aromatic heterocycles. The van der Waals surface area contributed by atoms with Crippen LogP contribution in [0.1, 0.15) is 30.7 Å². The summed E-state index contributed by atoms with van der Waals surface area (Å²) in [6.45, 7) is 1.95. The molecule has 3 heterocycles. The Balaban J connectivity index is 1.57. The number of anilines is 1. The van der Waals surface area contributed by atoms with Crippen molar-refractivity contribution in [1.29, 1.82) is 0 Å². The molecule has 0 spiro atoms. The summed E-state index contributed by atoms with van der Waals surface area (Å²) in [5.41, 5.74) is 2.58. The molecule has 7 nitrogen and oxygen atoms in total. The second kappa shape index (κ2) is 7.16. The number of aromatic nitrogens is 4. The van der Waals surface area contributed by atoms with Gasteiger partial charge in [0.05, 0.1) is 11.2 Å². The number of thiol groups is 1. The Morgan fingerprint density at radius 3 is 2.77 bits per heavy atom. The molecule has 1 fully saturated rings. The van der Waals surface area contributed by atoms with Crippen LogP contribution in [0.25, 0.3) is 22.6 Å². The average molecular weight is 387 g/mol. The smallest absolute Gasteiger partial charge is 0.291 e. The van der Waals surface area contributed by atoms with Crippen molar-refractivity contribution in [3.05, 3.63) is 28.7 Å². The van der Waals surface area contributed by atoms with Gasteiger partial charge < -0.3 is 0 Å². The first-order valence-corrected chi connectivity index (χ1v) is 9.73. The van der Waals surface area contributed by atoms with Gasteiger partial charge >= 0.3 is 6.03 Å². The van der Waals surface area contributed by atoms with Gasteiger partial charge in [-0.1, -0.05) is 25.7 Å². The minimum absolute atomic E-state index is 0.179. The van der Waals surface area contributed by atoms with Crippen LogP contribution in [0.4, 0.5) is 10.6 Å². The lowest BCUT2D eigenvalue weighted by Crippen LogP contribution is -2.34. The van der Waals surface area contributed by atoms with Crippen LogP contribution in [0.5, 0.6) is 0 Å². The second-order valence-corrected chi connectivity index (χ2v) is 7.75. The summed E-state index contributed by atoms with van der Waals surface area (Å²) in [5, 5.41) is 5.70. The molecule has 0 radical (unpaired) electrons. The molecule has 9 heteroatoms. The standard InChI is InChI=1S/C17H18N6OS2/c1-10-19-14(9-26-10)13-8-18-12-6-7-15(21-16(12)20-13)22-17(24)23(25)11-4-2-3-5-11/h6-9,11,25H,2-5H2,1H3,(H,20,21,22,24). The third kappa shape index (κ3) is 3.49. The number of hydrogen-bond donors (Lipinski definition) is 2. The monoisotopic (exact) mass is 386 g/mol. The van der Waals surface area contributed by atoms with E-state index in [1.54, 1.807) is 29.7 Å². The quantitative estimate of drug-likeness (QED) is 0.663. The molecule has 0 saturated heterocycles. The summed E-state index contributed by atoms with van der Waals surface area (Å²) in [7, 11) is 0. The van der Waals surface area contributed by atoms with E-state index in [9.17, 15) is 4.79 Å². The predicted octanol–water partition coefficient (Wildman–Crippen LogP) is 4.08. The topological polar surface area (TPSA) is 83.9 Å². The van der Waals surface area contributed by atoms with Crippen LogP contribution in [0.2, 0.25) is 0 Å². The highest BCUT2D eigenvalue weighted by Crippen LogP contribution is 2.25. The number of nitrogens with one attached hydrogen (secondary N) is 1. The van der Waals surface area contributed by atoms with E-state index < -0.39 is 0 Å². The van der Waals surface area contributed by atoms with Gasteiger partial charge in [0.1, 0.15) is 22.7 Å². The number of pyridine rings is 1. The van der Waals surface area contributed by atoms with Gasteiger partial charge in [0, 0.05) is 11.4 Å². The first-order valence-electron chi connectivity index (χ1n) is 8.45. The van der Waals surface area contributed by atoms with Gasteiger partial charge in [-0.25, -0.2) is 19.7 Å². The van der Waals surface area contributed by atoms with Crippen molar-refractivity contribution in [3.63, 3.8) is 0 Å². The van der Waals surface area contributed by atoms with Gasteiger partial charge in [-0.05, 0) is 31.9 Å². The van der Waals surface area contributed by atoms with Crippen molar-refractivity contribution in [1.82, 2.24) is 24.2 Å². The molecule has 0 unspecified atom stereocenters. The highest BCUT2D eigenvalue weighted by Gasteiger charge is 2.24. The molecule has 2 amide bonds. The van der Waals surface area contributed by atoms with E-state index in [0.717, 1.165) is 36.4 Å². The summed E-state index contributed by atoms with van der Waals surface area (Å²) >= 11 is 5.91. The number of carbonyl (C=O) groups excluding carboxylic acids is 1. The minimum Gasteiger partial charge on any atom is -0.291 e. The van der Waals surface area contributed by atoms with Crippen molar-refractivity contribution in [2.24, 2.45) is 0 Å². The van der Waals surface area contributed by atoms with Gasteiger partial charge in [-0.15, -0.1) is 11.3 Å². The number of rotatable bonds is 3. The van der Waals surface area contributed by atoms with Crippen molar-refractivity contribution in [2.75, 3.05) is 5.32 Å². The molecule has 0 bridgehead atoms. The Bertz CT molecular complexity index is 953. The maximum atomic E-state index is 12.4. The fraction of sp³-hybridized carbons (Fsp3) is 0.353. The van der Waals surface area contributed by atoms with Crippen molar-refractivity contribution in [3.8, 4) is 11.4 Å².